The first-order valence-electron chi connectivity index (χ1n) is 8.64. The second kappa shape index (κ2) is 7.09. The maximum absolute atomic E-state index is 13.3. The zero-order chi connectivity index (χ0) is 19.8. The third-order valence-corrected chi connectivity index (χ3v) is 4.86. The van der Waals surface area contributed by atoms with Gasteiger partial charge in [0.1, 0.15) is 11.6 Å². The molecule has 142 valence electrons. The zero-order valence-electron chi connectivity index (χ0n) is 15.6. The van der Waals surface area contributed by atoms with Crippen LogP contribution in [0.4, 0.5) is 27.5 Å². The second-order valence-corrected chi connectivity index (χ2v) is 6.87. The van der Waals surface area contributed by atoms with Crippen molar-refractivity contribution in [1.82, 2.24) is 19.7 Å². The van der Waals surface area contributed by atoms with Crippen molar-refractivity contribution < 1.29 is 4.39 Å². The van der Waals surface area contributed by atoms with E-state index in [4.69, 9.17) is 11.6 Å². The van der Waals surface area contributed by atoms with E-state index in [2.05, 4.69) is 26.4 Å². The first kappa shape index (κ1) is 18.2. The fourth-order valence-corrected chi connectivity index (χ4v) is 3.25. The number of halogens is 2. The average molecular weight is 397 g/mol. The number of hydrogen-bond acceptors (Lipinski definition) is 5. The van der Waals surface area contributed by atoms with Crippen LogP contribution in [0, 0.1) is 12.7 Å². The molecule has 0 aliphatic heterocycles. The molecular weight excluding hydrogens is 379 g/mol. The number of nitrogens with one attached hydrogen (secondary N) is 1. The van der Waals surface area contributed by atoms with Crippen molar-refractivity contribution in [1.29, 1.82) is 0 Å². The molecule has 0 amide bonds. The van der Waals surface area contributed by atoms with E-state index >= 15 is 0 Å². The molecule has 28 heavy (non-hydrogen) atoms. The van der Waals surface area contributed by atoms with Gasteiger partial charge in [-0.1, -0.05) is 11.6 Å². The molecular formula is C20H18ClFN6. The molecule has 4 rings (SSSR count). The van der Waals surface area contributed by atoms with Crippen LogP contribution >= 0.6 is 11.6 Å². The predicted molar refractivity (Wildman–Crippen MR) is 110 cm³/mol. The van der Waals surface area contributed by atoms with Gasteiger partial charge in [0.2, 0.25) is 5.95 Å². The lowest BCUT2D eigenvalue weighted by molar-refractivity contribution is 0.628. The van der Waals surface area contributed by atoms with Gasteiger partial charge >= 0.3 is 0 Å². The molecule has 0 saturated carbocycles. The molecule has 0 radical (unpaired) electrons. The van der Waals surface area contributed by atoms with Crippen LogP contribution in [0.3, 0.4) is 0 Å². The van der Waals surface area contributed by atoms with Gasteiger partial charge in [0.15, 0.2) is 0 Å². The molecule has 0 bridgehead atoms. The van der Waals surface area contributed by atoms with Gasteiger partial charge < -0.3 is 10.2 Å². The van der Waals surface area contributed by atoms with E-state index in [-0.39, 0.29) is 5.02 Å². The molecule has 0 unspecified atom stereocenters. The zero-order valence-corrected chi connectivity index (χ0v) is 16.4. The summed E-state index contributed by atoms with van der Waals surface area (Å²) in [6.45, 7) is 1.99. The summed E-state index contributed by atoms with van der Waals surface area (Å²) in [4.78, 5) is 10.7. The maximum Gasteiger partial charge on any atom is 0.229 e. The Morgan fingerprint density at radius 3 is 2.75 bits per heavy atom. The van der Waals surface area contributed by atoms with Crippen LogP contribution in [0.5, 0.6) is 0 Å². The van der Waals surface area contributed by atoms with Crippen molar-refractivity contribution >= 4 is 45.6 Å². The minimum absolute atomic E-state index is 0.0402. The highest BCUT2D eigenvalue weighted by Gasteiger charge is 2.11. The lowest BCUT2D eigenvalue weighted by Gasteiger charge is -2.19. The summed E-state index contributed by atoms with van der Waals surface area (Å²) < 4.78 is 15.2. The van der Waals surface area contributed by atoms with Crippen LogP contribution in [-0.2, 0) is 7.05 Å². The number of aryl methyl sites for hydroxylation is 2. The summed E-state index contributed by atoms with van der Waals surface area (Å²) in [5, 5.41) is 8.65. The summed E-state index contributed by atoms with van der Waals surface area (Å²) in [5.41, 5.74) is 3.65. The Bertz CT molecular complexity index is 1170. The number of hydrogen-bond donors (Lipinski definition) is 1. The fourth-order valence-electron chi connectivity index (χ4n) is 3.07. The molecule has 0 fully saturated rings. The van der Waals surface area contributed by atoms with Gasteiger partial charge in [-0.05, 0) is 49.4 Å². The number of anilines is 4. The van der Waals surface area contributed by atoms with Crippen LogP contribution in [0.2, 0.25) is 5.02 Å². The molecule has 4 aromatic rings. The van der Waals surface area contributed by atoms with Crippen LogP contribution in [0.15, 0.2) is 48.7 Å². The van der Waals surface area contributed by atoms with Gasteiger partial charge in [-0.2, -0.15) is 10.1 Å². The molecule has 2 aromatic carbocycles. The van der Waals surface area contributed by atoms with Gasteiger partial charge in [-0.25, -0.2) is 9.37 Å². The molecule has 1 N–H and O–H groups in total. The van der Waals surface area contributed by atoms with E-state index in [0.29, 0.717) is 17.5 Å². The predicted octanol–water partition coefficient (Wildman–Crippen LogP) is 4.98. The molecule has 0 atom stereocenters. The first-order chi connectivity index (χ1) is 13.4. The quantitative estimate of drug-likeness (QED) is 0.527. The average Bonchev–Trinajstić information content (AvgIpc) is 2.98. The lowest BCUT2D eigenvalue weighted by Crippen LogP contribution is -2.12. The molecule has 8 heteroatoms. The van der Waals surface area contributed by atoms with Crippen molar-refractivity contribution in [2.45, 2.75) is 6.92 Å². The first-order valence-corrected chi connectivity index (χ1v) is 9.02. The van der Waals surface area contributed by atoms with Gasteiger partial charge in [0, 0.05) is 37.1 Å². The Hall–Kier alpha value is -3.19. The number of aromatic nitrogens is 4. The number of rotatable bonds is 4. The lowest BCUT2D eigenvalue weighted by atomic mass is 10.2. The van der Waals surface area contributed by atoms with E-state index in [0.717, 1.165) is 22.3 Å². The molecule has 2 heterocycles. The molecule has 0 saturated heterocycles. The SMILES string of the molecule is Cc1nn(C)c2ccc(N(C)c3ccnc(Nc4ccc(F)c(Cl)c4)n3)cc12. The van der Waals surface area contributed by atoms with Gasteiger partial charge in [0.25, 0.3) is 0 Å². The summed E-state index contributed by atoms with van der Waals surface area (Å²) in [7, 11) is 3.87. The van der Waals surface area contributed by atoms with Crippen molar-refractivity contribution in [2.75, 3.05) is 17.3 Å². The third-order valence-electron chi connectivity index (χ3n) is 4.57. The van der Waals surface area contributed by atoms with Crippen molar-refractivity contribution in [3.63, 3.8) is 0 Å². The van der Waals surface area contributed by atoms with Crippen LogP contribution in [0.1, 0.15) is 5.69 Å². The summed E-state index contributed by atoms with van der Waals surface area (Å²) >= 11 is 5.83. The van der Waals surface area contributed by atoms with E-state index in [9.17, 15) is 4.39 Å². The highest BCUT2D eigenvalue weighted by molar-refractivity contribution is 6.31. The maximum atomic E-state index is 13.3. The van der Waals surface area contributed by atoms with Crippen LogP contribution in [0.25, 0.3) is 10.9 Å². The summed E-state index contributed by atoms with van der Waals surface area (Å²) in [5.74, 6) is 0.639. The Kier molecular flexibility index (Phi) is 4.60. The molecule has 0 aliphatic carbocycles. The second-order valence-electron chi connectivity index (χ2n) is 6.46. The number of fused-ring (bicyclic) bond motifs is 1. The standard InChI is InChI=1S/C20H18ClFN6/c1-12-15-11-14(5-7-18(15)28(3)26-12)27(2)19-8-9-23-20(25-19)24-13-4-6-17(22)16(21)10-13/h4-11H,1-3H3,(H,23,24,25). The Balaban J connectivity index is 1.63. The van der Waals surface area contributed by atoms with Crippen molar-refractivity contribution in [3.8, 4) is 0 Å². The van der Waals surface area contributed by atoms with Crippen molar-refractivity contribution in [3.05, 3.63) is 65.2 Å². The van der Waals surface area contributed by atoms with Crippen molar-refractivity contribution in [2.24, 2.45) is 7.05 Å². The summed E-state index contributed by atoms with van der Waals surface area (Å²) in [6.07, 6.45) is 1.67. The number of benzene rings is 2. The summed E-state index contributed by atoms with van der Waals surface area (Å²) in [6, 6.07) is 12.4. The smallest absolute Gasteiger partial charge is 0.229 e. The van der Waals surface area contributed by atoms with E-state index in [1.54, 1.807) is 12.3 Å². The fraction of sp³-hybridized carbons (Fsp3) is 0.150. The van der Waals surface area contributed by atoms with Gasteiger partial charge in [-0.15, -0.1) is 0 Å². The van der Waals surface area contributed by atoms with E-state index in [1.807, 2.05) is 48.8 Å². The molecule has 2 aromatic heterocycles. The van der Waals surface area contributed by atoms with Gasteiger partial charge in [-0.3, -0.25) is 4.68 Å². The Morgan fingerprint density at radius 1 is 1.14 bits per heavy atom. The molecule has 0 spiro atoms. The third kappa shape index (κ3) is 3.36. The highest BCUT2D eigenvalue weighted by atomic mass is 35.5. The topological polar surface area (TPSA) is 58.9 Å². The highest BCUT2D eigenvalue weighted by Crippen LogP contribution is 2.28. The normalized spacial score (nSPS) is 11.0. The van der Waals surface area contributed by atoms with E-state index < -0.39 is 5.82 Å². The van der Waals surface area contributed by atoms with Crippen LogP contribution < -0.4 is 10.2 Å². The molecule has 0 aliphatic rings. The Morgan fingerprint density at radius 2 is 1.96 bits per heavy atom. The van der Waals surface area contributed by atoms with Gasteiger partial charge in [0.05, 0.1) is 16.2 Å². The monoisotopic (exact) mass is 396 g/mol. The van der Waals surface area contributed by atoms with Crippen LogP contribution in [-0.4, -0.2) is 26.8 Å². The van der Waals surface area contributed by atoms with E-state index in [1.165, 1.54) is 12.1 Å². The number of nitrogens with zero attached hydrogens (tertiary/aromatic N) is 5. The minimum Gasteiger partial charge on any atom is -0.329 e. The Labute approximate surface area is 166 Å². The minimum atomic E-state index is -0.470. The molecule has 6 nitrogen and oxygen atoms in total. The largest absolute Gasteiger partial charge is 0.329 e.